The lowest BCUT2D eigenvalue weighted by atomic mass is 10.1. The molecule has 1 N–H and O–H groups in total. The maximum Gasteiger partial charge on any atom is 0.271 e. The summed E-state index contributed by atoms with van der Waals surface area (Å²) in [6, 6.07) is 18.7. The van der Waals surface area contributed by atoms with Crippen molar-refractivity contribution >= 4 is 22.8 Å². The number of phenolic OH excluding ortho intramolecular Hbond substituents is 1. The van der Waals surface area contributed by atoms with Gasteiger partial charge in [-0.3, -0.25) is 14.5 Å². The van der Waals surface area contributed by atoms with Crippen molar-refractivity contribution in [2.45, 2.75) is 0 Å². The number of hydrogen-bond acceptors (Lipinski definition) is 6. The molecule has 0 aliphatic rings. The lowest BCUT2D eigenvalue weighted by Gasteiger charge is -2.00. The number of rotatable bonds is 4. The van der Waals surface area contributed by atoms with E-state index in [4.69, 9.17) is 0 Å². The predicted molar refractivity (Wildman–Crippen MR) is 99.6 cm³/mol. The molecule has 8 heteroatoms. The maximum atomic E-state index is 10.9. The van der Waals surface area contributed by atoms with E-state index in [1.165, 1.54) is 18.2 Å². The van der Waals surface area contributed by atoms with Crippen molar-refractivity contribution in [3.63, 3.8) is 0 Å². The standard InChI is InChI=1S/C19H13N5O3/c25-16-10-9-14(24(26)27)12-15(16)21-22-19-18(13-6-2-1-3-7-13)20-17-8-4-5-11-23(17)19/h1-12,25H. The summed E-state index contributed by atoms with van der Waals surface area (Å²) in [5.74, 6) is 0.266. The van der Waals surface area contributed by atoms with Gasteiger partial charge in [-0.15, -0.1) is 10.2 Å². The number of non-ortho nitro benzene ring substituents is 1. The van der Waals surface area contributed by atoms with Gasteiger partial charge in [-0.05, 0) is 18.2 Å². The minimum Gasteiger partial charge on any atom is -0.506 e. The molecule has 0 aliphatic heterocycles. The smallest absolute Gasteiger partial charge is 0.271 e. The summed E-state index contributed by atoms with van der Waals surface area (Å²) >= 11 is 0. The summed E-state index contributed by atoms with van der Waals surface area (Å²) in [6.07, 6.45) is 1.80. The Labute approximate surface area is 153 Å². The zero-order chi connectivity index (χ0) is 18.8. The second-order valence-electron chi connectivity index (χ2n) is 5.71. The van der Waals surface area contributed by atoms with Crippen LogP contribution < -0.4 is 0 Å². The number of fused-ring (bicyclic) bond motifs is 1. The molecule has 2 aromatic heterocycles. The Morgan fingerprint density at radius 2 is 1.78 bits per heavy atom. The van der Waals surface area contributed by atoms with Crippen molar-refractivity contribution in [1.29, 1.82) is 0 Å². The van der Waals surface area contributed by atoms with Gasteiger partial charge in [0.25, 0.3) is 5.69 Å². The van der Waals surface area contributed by atoms with Crippen LogP contribution in [0, 0.1) is 10.1 Å². The molecular weight excluding hydrogens is 346 g/mol. The highest BCUT2D eigenvalue weighted by molar-refractivity contribution is 5.74. The molecule has 0 radical (unpaired) electrons. The van der Waals surface area contributed by atoms with Gasteiger partial charge in [0.05, 0.1) is 4.92 Å². The highest BCUT2D eigenvalue weighted by atomic mass is 16.6. The zero-order valence-corrected chi connectivity index (χ0v) is 13.9. The van der Waals surface area contributed by atoms with E-state index in [1.54, 1.807) is 10.6 Å². The number of phenols is 1. The van der Waals surface area contributed by atoms with E-state index in [-0.39, 0.29) is 17.1 Å². The van der Waals surface area contributed by atoms with Crippen LogP contribution in [-0.4, -0.2) is 19.4 Å². The molecule has 0 spiro atoms. The molecule has 0 aliphatic carbocycles. The summed E-state index contributed by atoms with van der Waals surface area (Å²) in [4.78, 5) is 15.0. The van der Waals surface area contributed by atoms with Crippen LogP contribution in [0.25, 0.3) is 16.9 Å². The van der Waals surface area contributed by atoms with Crippen LogP contribution in [-0.2, 0) is 0 Å². The number of azo groups is 1. The Hall–Kier alpha value is -4.07. The number of imidazole rings is 1. The third kappa shape index (κ3) is 3.11. The number of nitrogens with zero attached hydrogens (tertiary/aromatic N) is 5. The molecule has 132 valence electrons. The third-order valence-electron chi connectivity index (χ3n) is 3.97. The molecular formula is C19H13N5O3. The molecule has 0 saturated heterocycles. The monoisotopic (exact) mass is 359 g/mol. The largest absolute Gasteiger partial charge is 0.506 e. The van der Waals surface area contributed by atoms with Crippen LogP contribution in [0.2, 0.25) is 0 Å². The van der Waals surface area contributed by atoms with Crippen LogP contribution in [0.5, 0.6) is 5.75 Å². The van der Waals surface area contributed by atoms with Crippen molar-refractivity contribution < 1.29 is 10.0 Å². The summed E-state index contributed by atoms with van der Waals surface area (Å²) in [7, 11) is 0. The van der Waals surface area contributed by atoms with Gasteiger partial charge < -0.3 is 5.11 Å². The highest BCUT2D eigenvalue weighted by Crippen LogP contribution is 2.35. The number of nitro benzene ring substituents is 1. The van der Waals surface area contributed by atoms with Gasteiger partial charge in [0.1, 0.15) is 22.8 Å². The van der Waals surface area contributed by atoms with Gasteiger partial charge in [0.2, 0.25) is 0 Å². The van der Waals surface area contributed by atoms with E-state index >= 15 is 0 Å². The van der Waals surface area contributed by atoms with Gasteiger partial charge in [-0.1, -0.05) is 36.4 Å². The number of aromatic hydroxyl groups is 1. The number of benzene rings is 2. The molecule has 0 bridgehead atoms. The number of aromatic nitrogens is 2. The summed E-state index contributed by atoms with van der Waals surface area (Å²) in [6.45, 7) is 0. The van der Waals surface area contributed by atoms with Crippen molar-refractivity contribution in [2.75, 3.05) is 0 Å². The van der Waals surface area contributed by atoms with E-state index in [0.717, 1.165) is 5.56 Å². The van der Waals surface area contributed by atoms with Gasteiger partial charge in [-0.25, -0.2) is 4.98 Å². The highest BCUT2D eigenvalue weighted by Gasteiger charge is 2.14. The quantitative estimate of drug-likeness (QED) is 0.313. The van der Waals surface area contributed by atoms with Crippen LogP contribution in [0.3, 0.4) is 0 Å². The first-order chi connectivity index (χ1) is 13.1. The molecule has 2 aromatic carbocycles. The maximum absolute atomic E-state index is 10.9. The molecule has 0 atom stereocenters. The average Bonchev–Trinajstić information content (AvgIpc) is 3.06. The second-order valence-corrected chi connectivity index (χ2v) is 5.71. The van der Waals surface area contributed by atoms with Crippen molar-refractivity contribution in [1.82, 2.24) is 9.38 Å². The van der Waals surface area contributed by atoms with E-state index in [9.17, 15) is 15.2 Å². The Morgan fingerprint density at radius 3 is 2.56 bits per heavy atom. The molecule has 0 fully saturated rings. The molecule has 8 nitrogen and oxygen atoms in total. The van der Waals surface area contributed by atoms with Crippen molar-refractivity contribution in [3.05, 3.63) is 83.0 Å². The molecule has 0 unspecified atom stereocenters. The Kier molecular flexibility index (Phi) is 4.06. The first-order valence-corrected chi connectivity index (χ1v) is 8.05. The molecule has 27 heavy (non-hydrogen) atoms. The summed E-state index contributed by atoms with van der Waals surface area (Å²) < 4.78 is 1.76. The molecule has 4 aromatic rings. The molecule has 0 amide bonds. The van der Waals surface area contributed by atoms with E-state index in [1.807, 2.05) is 48.5 Å². The second kappa shape index (κ2) is 6.68. The molecule has 4 rings (SSSR count). The summed E-state index contributed by atoms with van der Waals surface area (Å²) in [5.41, 5.74) is 2.00. The van der Waals surface area contributed by atoms with Gasteiger partial charge in [0, 0.05) is 23.9 Å². The van der Waals surface area contributed by atoms with E-state index in [2.05, 4.69) is 15.2 Å². The van der Waals surface area contributed by atoms with E-state index < -0.39 is 4.92 Å². The fourth-order valence-electron chi connectivity index (χ4n) is 2.67. The van der Waals surface area contributed by atoms with Gasteiger partial charge in [0.15, 0.2) is 5.82 Å². The lowest BCUT2D eigenvalue weighted by Crippen LogP contribution is -1.86. The van der Waals surface area contributed by atoms with E-state index in [0.29, 0.717) is 17.2 Å². The predicted octanol–water partition coefficient (Wildman–Crippen LogP) is 5.03. The van der Waals surface area contributed by atoms with Gasteiger partial charge in [-0.2, -0.15) is 0 Å². The Bertz CT molecular complexity index is 1170. The topological polar surface area (TPSA) is 105 Å². The normalized spacial score (nSPS) is 11.3. The lowest BCUT2D eigenvalue weighted by molar-refractivity contribution is -0.384. The SMILES string of the molecule is O=[N+]([O-])c1ccc(O)c(N=Nc2c(-c3ccccc3)nc3ccccn23)c1. The minimum absolute atomic E-state index is 0.00842. The minimum atomic E-state index is -0.553. The third-order valence-corrected chi connectivity index (χ3v) is 3.97. The van der Waals surface area contributed by atoms with Gasteiger partial charge >= 0.3 is 0 Å². The summed E-state index contributed by atoms with van der Waals surface area (Å²) in [5, 5.41) is 29.2. The van der Waals surface area contributed by atoms with Crippen LogP contribution in [0.1, 0.15) is 0 Å². The zero-order valence-electron chi connectivity index (χ0n) is 13.9. The number of nitro groups is 1. The molecule has 0 saturated carbocycles. The first kappa shape index (κ1) is 16.4. The molecule has 2 heterocycles. The Balaban J connectivity index is 1.86. The average molecular weight is 359 g/mol. The van der Waals surface area contributed by atoms with Crippen molar-refractivity contribution in [2.24, 2.45) is 10.2 Å². The Morgan fingerprint density at radius 1 is 1.00 bits per heavy atom. The van der Waals surface area contributed by atoms with Crippen molar-refractivity contribution in [3.8, 4) is 17.0 Å². The number of hydrogen-bond donors (Lipinski definition) is 1. The van der Waals surface area contributed by atoms with Crippen LogP contribution >= 0.6 is 0 Å². The van der Waals surface area contributed by atoms with Crippen LogP contribution in [0.4, 0.5) is 17.2 Å². The van der Waals surface area contributed by atoms with Crippen LogP contribution in [0.15, 0.2) is 83.2 Å². The number of pyridine rings is 1. The fraction of sp³-hybridized carbons (Fsp3) is 0. The first-order valence-electron chi connectivity index (χ1n) is 8.05. The fourth-order valence-corrected chi connectivity index (χ4v) is 2.67.